The molecule has 1 aliphatic rings. The van der Waals surface area contributed by atoms with Crippen molar-refractivity contribution < 1.29 is 24.9 Å². The van der Waals surface area contributed by atoms with E-state index in [2.05, 4.69) is 19.9 Å². The van der Waals surface area contributed by atoms with E-state index in [4.69, 9.17) is 4.74 Å². The van der Waals surface area contributed by atoms with Crippen LogP contribution in [0.25, 0.3) is 0 Å². The molecule has 0 bridgehead atoms. The molecular weight excluding hydrogens is 412 g/mol. The number of benzene rings is 2. The quantitative estimate of drug-likeness (QED) is 0.385. The monoisotopic (exact) mass is 442 g/mol. The summed E-state index contributed by atoms with van der Waals surface area (Å²) < 4.78 is 5.83. The lowest BCUT2D eigenvalue weighted by molar-refractivity contribution is -0.153. The van der Waals surface area contributed by atoms with E-state index in [1.165, 1.54) is 23.4 Å². The summed E-state index contributed by atoms with van der Waals surface area (Å²) in [6, 6.07) is 14.5. The molecule has 31 heavy (non-hydrogen) atoms. The Hall–Kier alpha value is -2.28. The Morgan fingerprint density at radius 2 is 1.87 bits per heavy atom. The maximum atomic E-state index is 12.7. The first-order valence-electron chi connectivity index (χ1n) is 10.5. The van der Waals surface area contributed by atoms with Crippen molar-refractivity contribution in [3.63, 3.8) is 0 Å². The minimum Gasteiger partial charge on any atom is -0.508 e. The number of phenols is 1. The fourth-order valence-corrected chi connectivity index (χ4v) is 5.32. The molecule has 0 amide bonds. The van der Waals surface area contributed by atoms with Gasteiger partial charge in [0, 0.05) is 16.2 Å². The fraction of sp³-hybridized carbons (Fsp3) is 0.400. The molecule has 0 fully saturated rings. The molecule has 3 unspecified atom stereocenters. The third-order valence-electron chi connectivity index (χ3n) is 5.76. The largest absolute Gasteiger partial charge is 0.508 e. The van der Waals surface area contributed by atoms with Crippen LogP contribution in [0.4, 0.5) is 0 Å². The van der Waals surface area contributed by atoms with Gasteiger partial charge in [0.15, 0.2) is 0 Å². The number of carbonyl (C=O) groups is 1. The predicted molar refractivity (Wildman–Crippen MR) is 123 cm³/mol. The van der Waals surface area contributed by atoms with Crippen molar-refractivity contribution in [3.8, 4) is 5.75 Å². The fourth-order valence-electron chi connectivity index (χ4n) is 4.18. The van der Waals surface area contributed by atoms with Gasteiger partial charge in [0.05, 0.1) is 18.8 Å². The average Bonchev–Trinajstić information content (AvgIpc) is 2.77. The number of aliphatic hydroxyl groups excluding tert-OH is 1. The second-order valence-corrected chi connectivity index (χ2v) is 9.25. The number of thioether (sulfide) groups is 1. The molecule has 3 atom stereocenters. The first-order chi connectivity index (χ1) is 14.9. The molecule has 3 N–H and O–H groups in total. The van der Waals surface area contributed by atoms with Crippen LogP contribution in [-0.4, -0.2) is 45.9 Å². The van der Waals surface area contributed by atoms with E-state index in [0.717, 1.165) is 4.90 Å². The third kappa shape index (κ3) is 5.14. The zero-order valence-corrected chi connectivity index (χ0v) is 18.7. The van der Waals surface area contributed by atoms with E-state index < -0.39 is 23.6 Å². The summed E-state index contributed by atoms with van der Waals surface area (Å²) in [5, 5.41) is 31.9. The second-order valence-electron chi connectivity index (χ2n) is 8.18. The first-order valence-corrected chi connectivity index (χ1v) is 11.5. The first kappa shape index (κ1) is 23.4. The van der Waals surface area contributed by atoms with Crippen LogP contribution >= 0.6 is 11.8 Å². The van der Waals surface area contributed by atoms with Gasteiger partial charge in [0.2, 0.25) is 0 Å². The Labute approximate surface area is 187 Å². The molecule has 0 aromatic heterocycles. The maximum absolute atomic E-state index is 12.7. The Morgan fingerprint density at radius 3 is 2.52 bits per heavy atom. The van der Waals surface area contributed by atoms with E-state index in [0.29, 0.717) is 24.7 Å². The number of ether oxygens (including phenoxy) is 1. The lowest BCUT2D eigenvalue weighted by atomic mass is 9.70. The van der Waals surface area contributed by atoms with Gasteiger partial charge >= 0.3 is 5.97 Å². The van der Waals surface area contributed by atoms with Gasteiger partial charge in [0.25, 0.3) is 0 Å². The van der Waals surface area contributed by atoms with Crippen molar-refractivity contribution in [3.05, 3.63) is 71.8 Å². The van der Waals surface area contributed by atoms with Crippen LogP contribution in [0, 0.1) is 0 Å². The van der Waals surface area contributed by atoms with Gasteiger partial charge in [-0.25, -0.2) is 0 Å². The van der Waals surface area contributed by atoms with Crippen molar-refractivity contribution in [1.29, 1.82) is 0 Å². The summed E-state index contributed by atoms with van der Waals surface area (Å²) >= 11 is 1.52. The summed E-state index contributed by atoms with van der Waals surface area (Å²) in [4.78, 5) is 13.8. The summed E-state index contributed by atoms with van der Waals surface area (Å²) in [7, 11) is 0. The lowest BCUT2D eigenvalue weighted by Crippen LogP contribution is -2.51. The zero-order valence-electron chi connectivity index (χ0n) is 17.9. The number of aromatic hydroxyl groups is 1. The second kappa shape index (κ2) is 10.4. The number of carboxylic acids is 1. The number of aliphatic carboxylic acids is 1. The molecule has 0 aliphatic carbocycles. The van der Waals surface area contributed by atoms with E-state index in [-0.39, 0.29) is 17.7 Å². The van der Waals surface area contributed by atoms with E-state index in [9.17, 15) is 20.1 Å². The number of carboxylic acid groups (broad SMARTS) is 1. The van der Waals surface area contributed by atoms with E-state index in [1.807, 2.05) is 30.4 Å². The van der Waals surface area contributed by atoms with E-state index >= 15 is 0 Å². The van der Waals surface area contributed by atoms with Gasteiger partial charge in [-0.05, 0) is 36.5 Å². The molecule has 1 heterocycles. The number of hydrogen-bond donors (Lipinski definition) is 3. The highest BCUT2D eigenvalue weighted by molar-refractivity contribution is 7.99. The molecule has 5 nitrogen and oxygen atoms in total. The zero-order chi connectivity index (χ0) is 22.4. The molecule has 6 heteroatoms. The molecule has 0 spiro atoms. The normalized spacial score (nSPS) is 19.2. The summed E-state index contributed by atoms with van der Waals surface area (Å²) in [5.74, 6) is -0.522. The number of para-hydroxylation sites is 1. The Morgan fingerprint density at radius 1 is 1.16 bits per heavy atom. The molecule has 166 valence electrons. The Kier molecular flexibility index (Phi) is 7.81. The van der Waals surface area contributed by atoms with Gasteiger partial charge in [-0.15, -0.1) is 11.8 Å². The minimum absolute atomic E-state index is 0.0603. The minimum atomic E-state index is -1.56. The highest BCUT2D eigenvalue weighted by Gasteiger charge is 2.51. The standard InChI is InChI=1S/C25H30O5S/c1-17(2)19-9-3-6-12-22(19)31-16-18(26)15-25(24(28)29,23-13-7-8-14-30-23)20-10-4-5-11-21(20)27/h3-12,17-18,23,26-27H,13-16H2,1-2H3,(H,28,29). The average molecular weight is 443 g/mol. The van der Waals surface area contributed by atoms with Crippen LogP contribution in [0.3, 0.4) is 0 Å². The highest BCUT2D eigenvalue weighted by atomic mass is 32.2. The van der Waals surface area contributed by atoms with Crippen molar-refractivity contribution in [2.45, 2.75) is 55.1 Å². The highest BCUT2D eigenvalue weighted by Crippen LogP contribution is 2.43. The van der Waals surface area contributed by atoms with Crippen molar-refractivity contribution in [2.24, 2.45) is 0 Å². The van der Waals surface area contributed by atoms with Crippen LogP contribution < -0.4 is 0 Å². The number of aliphatic hydroxyl groups is 1. The molecule has 2 aromatic carbocycles. The summed E-state index contributed by atoms with van der Waals surface area (Å²) in [6.45, 7) is 4.55. The van der Waals surface area contributed by atoms with Crippen molar-refractivity contribution in [2.75, 3.05) is 12.4 Å². The summed E-state index contributed by atoms with van der Waals surface area (Å²) in [5.41, 5.74) is -0.0896. The van der Waals surface area contributed by atoms with Gasteiger partial charge in [-0.1, -0.05) is 62.4 Å². The third-order valence-corrected chi connectivity index (χ3v) is 6.99. The van der Waals surface area contributed by atoms with Gasteiger partial charge < -0.3 is 20.1 Å². The van der Waals surface area contributed by atoms with Gasteiger partial charge in [0.1, 0.15) is 11.2 Å². The molecule has 0 saturated heterocycles. The number of hydrogen-bond acceptors (Lipinski definition) is 5. The van der Waals surface area contributed by atoms with Crippen LogP contribution in [-0.2, 0) is 14.9 Å². The van der Waals surface area contributed by atoms with E-state index in [1.54, 1.807) is 18.2 Å². The smallest absolute Gasteiger partial charge is 0.317 e. The van der Waals surface area contributed by atoms with Crippen LogP contribution in [0.15, 0.2) is 65.6 Å². The number of rotatable bonds is 9. The molecule has 0 saturated carbocycles. The SMILES string of the molecule is CC(C)c1ccccc1SCC(O)CC(C(=O)O)(c1ccccc1O)C1CC=CCO1. The van der Waals surface area contributed by atoms with Crippen LogP contribution in [0.2, 0.25) is 0 Å². The maximum Gasteiger partial charge on any atom is 0.317 e. The lowest BCUT2D eigenvalue weighted by Gasteiger charge is -2.39. The molecule has 0 radical (unpaired) electrons. The predicted octanol–water partition coefficient (Wildman–Crippen LogP) is 4.73. The van der Waals surface area contributed by atoms with Gasteiger partial charge in [-0.2, -0.15) is 0 Å². The van der Waals surface area contributed by atoms with Crippen molar-refractivity contribution >= 4 is 17.7 Å². The van der Waals surface area contributed by atoms with Crippen molar-refractivity contribution in [1.82, 2.24) is 0 Å². The molecule has 1 aliphatic heterocycles. The Bertz CT molecular complexity index is 926. The Balaban J connectivity index is 1.89. The van der Waals surface area contributed by atoms with Crippen LogP contribution in [0.5, 0.6) is 5.75 Å². The van der Waals surface area contributed by atoms with Crippen LogP contribution in [0.1, 0.15) is 43.7 Å². The molecule has 3 rings (SSSR count). The number of phenolic OH excluding ortho intramolecular Hbond substituents is 1. The molecular formula is C25H30O5S. The topological polar surface area (TPSA) is 87.0 Å². The van der Waals surface area contributed by atoms with Gasteiger partial charge in [-0.3, -0.25) is 4.79 Å². The molecule has 2 aromatic rings. The summed E-state index contributed by atoms with van der Waals surface area (Å²) in [6.07, 6.45) is 2.49.